The average Bonchev–Trinajstić information content (AvgIpc) is 2.29. The Hall–Kier alpha value is -1.06. The predicted octanol–water partition coefficient (Wildman–Crippen LogP) is 1.69. The highest BCUT2D eigenvalue weighted by atomic mass is 16.5. The number of rotatable bonds is 5. The van der Waals surface area contributed by atoms with Gasteiger partial charge in [0, 0.05) is 12.6 Å². The van der Waals surface area contributed by atoms with Crippen LogP contribution in [0.3, 0.4) is 0 Å². The molecule has 16 heavy (non-hydrogen) atoms. The molecule has 0 aromatic heterocycles. The summed E-state index contributed by atoms with van der Waals surface area (Å²) in [5.74, 6) is 1.32. The first-order chi connectivity index (χ1) is 7.60. The van der Waals surface area contributed by atoms with E-state index in [0.717, 1.165) is 5.75 Å². The fourth-order valence-electron chi connectivity index (χ4n) is 1.99. The molecule has 0 amide bonds. The van der Waals surface area contributed by atoms with Crippen LogP contribution in [-0.2, 0) is 0 Å². The Morgan fingerprint density at radius 1 is 1.25 bits per heavy atom. The van der Waals surface area contributed by atoms with Crippen LogP contribution in [0.2, 0.25) is 0 Å². The Labute approximate surface area is 98.2 Å². The van der Waals surface area contributed by atoms with Crippen LogP contribution in [0.4, 0.5) is 0 Å². The number of hydrogen-bond donors (Lipinski definition) is 1. The minimum atomic E-state index is 0.369. The third kappa shape index (κ3) is 2.97. The van der Waals surface area contributed by atoms with Crippen LogP contribution in [0.1, 0.15) is 18.4 Å². The van der Waals surface area contributed by atoms with E-state index in [1.807, 2.05) is 12.1 Å². The first-order valence-electron chi connectivity index (χ1n) is 5.60. The quantitative estimate of drug-likeness (QED) is 0.824. The number of benzene rings is 1. The van der Waals surface area contributed by atoms with E-state index in [1.54, 1.807) is 7.11 Å². The number of methoxy groups -OCH3 is 1. The van der Waals surface area contributed by atoms with Crippen LogP contribution in [0.25, 0.3) is 0 Å². The van der Waals surface area contributed by atoms with Gasteiger partial charge in [-0.15, -0.1) is 0 Å². The molecule has 0 saturated heterocycles. The molecule has 0 bridgehead atoms. The van der Waals surface area contributed by atoms with E-state index in [4.69, 9.17) is 10.5 Å². The van der Waals surface area contributed by atoms with Gasteiger partial charge in [-0.05, 0) is 37.7 Å². The van der Waals surface area contributed by atoms with E-state index < -0.39 is 0 Å². The molecule has 0 radical (unpaired) electrons. The van der Waals surface area contributed by atoms with Gasteiger partial charge < -0.3 is 15.4 Å². The molecule has 0 aliphatic carbocycles. The van der Waals surface area contributed by atoms with E-state index in [-0.39, 0.29) is 0 Å². The summed E-state index contributed by atoms with van der Waals surface area (Å²) in [6.45, 7) is 2.87. The SMILES string of the molecule is COc1ccc(C(C)C(CN)N(C)C)cc1. The predicted molar refractivity (Wildman–Crippen MR) is 67.9 cm³/mol. The normalized spacial score (nSPS) is 14.9. The number of hydrogen-bond acceptors (Lipinski definition) is 3. The van der Waals surface area contributed by atoms with Crippen LogP contribution in [0, 0.1) is 0 Å². The lowest BCUT2D eigenvalue weighted by Gasteiger charge is -2.29. The van der Waals surface area contributed by atoms with Gasteiger partial charge in [-0.3, -0.25) is 0 Å². The lowest BCUT2D eigenvalue weighted by Crippen LogP contribution is -2.39. The van der Waals surface area contributed by atoms with Gasteiger partial charge in [0.1, 0.15) is 5.75 Å². The van der Waals surface area contributed by atoms with Crippen LogP contribution < -0.4 is 10.5 Å². The van der Waals surface area contributed by atoms with Crippen LogP contribution in [0.5, 0.6) is 5.75 Å². The second-order valence-electron chi connectivity index (χ2n) is 4.33. The Bertz CT molecular complexity index is 308. The summed E-state index contributed by atoms with van der Waals surface area (Å²) in [4.78, 5) is 2.18. The number of ether oxygens (including phenoxy) is 1. The molecule has 2 N–H and O–H groups in total. The van der Waals surface area contributed by atoms with Crippen molar-refractivity contribution in [2.75, 3.05) is 27.7 Å². The Kier molecular flexibility index (Phi) is 4.77. The van der Waals surface area contributed by atoms with Crippen molar-refractivity contribution >= 4 is 0 Å². The van der Waals surface area contributed by atoms with Gasteiger partial charge >= 0.3 is 0 Å². The molecule has 1 aromatic carbocycles. The van der Waals surface area contributed by atoms with E-state index in [0.29, 0.717) is 18.5 Å². The largest absolute Gasteiger partial charge is 0.497 e. The molecule has 1 rings (SSSR count). The van der Waals surface area contributed by atoms with Gasteiger partial charge in [0.25, 0.3) is 0 Å². The van der Waals surface area contributed by atoms with Crippen molar-refractivity contribution in [3.8, 4) is 5.75 Å². The lowest BCUT2D eigenvalue weighted by molar-refractivity contribution is 0.266. The second kappa shape index (κ2) is 5.87. The van der Waals surface area contributed by atoms with Crippen molar-refractivity contribution in [3.63, 3.8) is 0 Å². The first kappa shape index (κ1) is 13.0. The third-order valence-corrected chi connectivity index (χ3v) is 3.12. The molecule has 90 valence electrons. The minimum Gasteiger partial charge on any atom is -0.497 e. The molecule has 3 nitrogen and oxygen atoms in total. The summed E-state index contributed by atoms with van der Waals surface area (Å²) in [6, 6.07) is 8.57. The summed E-state index contributed by atoms with van der Waals surface area (Å²) in [5.41, 5.74) is 7.10. The highest BCUT2D eigenvalue weighted by Gasteiger charge is 2.19. The van der Waals surface area contributed by atoms with Crippen molar-refractivity contribution in [3.05, 3.63) is 29.8 Å². The van der Waals surface area contributed by atoms with Crippen LogP contribution in [-0.4, -0.2) is 38.7 Å². The summed E-state index contributed by atoms with van der Waals surface area (Å²) < 4.78 is 5.15. The first-order valence-corrected chi connectivity index (χ1v) is 5.60. The van der Waals surface area contributed by atoms with Gasteiger partial charge in [-0.2, -0.15) is 0 Å². The van der Waals surface area contributed by atoms with E-state index in [1.165, 1.54) is 5.56 Å². The fraction of sp³-hybridized carbons (Fsp3) is 0.538. The van der Waals surface area contributed by atoms with Gasteiger partial charge in [-0.1, -0.05) is 19.1 Å². The molecule has 0 aliphatic rings. The van der Waals surface area contributed by atoms with Crippen molar-refractivity contribution in [1.29, 1.82) is 0 Å². The van der Waals surface area contributed by atoms with Gasteiger partial charge in [-0.25, -0.2) is 0 Å². The smallest absolute Gasteiger partial charge is 0.118 e. The molecule has 0 fully saturated rings. The zero-order valence-corrected chi connectivity index (χ0v) is 10.6. The summed E-state index contributed by atoms with van der Waals surface area (Å²) in [6.07, 6.45) is 0. The summed E-state index contributed by atoms with van der Waals surface area (Å²) >= 11 is 0. The zero-order valence-electron chi connectivity index (χ0n) is 10.6. The molecule has 0 heterocycles. The van der Waals surface area contributed by atoms with Crippen molar-refractivity contribution in [1.82, 2.24) is 4.90 Å². The molecular formula is C13H22N2O. The van der Waals surface area contributed by atoms with Gasteiger partial charge in [0.15, 0.2) is 0 Å². The molecule has 3 heteroatoms. The zero-order chi connectivity index (χ0) is 12.1. The molecule has 0 spiro atoms. The maximum atomic E-state index is 5.80. The Morgan fingerprint density at radius 3 is 2.19 bits per heavy atom. The van der Waals surface area contributed by atoms with E-state index in [9.17, 15) is 0 Å². The molecule has 0 saturated carbocycles. The van der Waals surface area contributed by atoms with Crippen molar-refractivity contribution in [2.24, 2.45) is 5.73 Å². The van der Waals surface area contributed by atoms with Gasteiger partial charge in [0.05, 0.1) is 7.11 Å². The van der Waals surface area contributed by atoms with Crippen molar-refractivity contribution < 1.29 is 4.74 Å². The molecular weight excluding hydrogens is 200 g/mol. The monoisotopic (exact) mass is 222 g/mol. The van der Waals surface area contributed by atoms with Gasteiger partial charge in [0.2, 0.25) is 0 Å². The van der Waals surface area contributed by atoms with E-state index >= 15 is 0 Å². The Morgan fingerprint density at radius 2 is 1.81 bits per heavy atom. The van der Waals surface area contributed by atoms with Crippen molar-refractivity contribution in [2.45, 2.75) is 18.9 Å². The number of likely N-dealkylation sites (N-methyl/N-ethyl adjacent to an activating group) is 1. The number of nitrogens with zero attached hydrogens (tertiary/aromatic N) is 1. The highest BCUT2D eigenvalue weighted by Crippen LogP contribution is 2.23. The topological polar surface area (TPSA) is 38.5 Å². The maximum absolute atomic E-state index is 5.80. The molecule has 0 aliphatic heterocycles. The molecule has 2 atom stereocenters. The van der Waals surface area contributed by atoms with Crippen LogP contribution >= 0.6 is 0 Å². The molecule has 1 aromatic rings. The fourth-order valence-corrected chi connectivity index (χ4v) is 1.99. The standard InChI is InChI=1S/C13H22N2O/c1-10(13(9-14)15(2)3)11-5-7-12(16-4)8-6-11/h5-8,10,13H,9,14H2,1-4H3. The second-order valence-corrected chi connectivity index (χ2v) is 4.33. The third-order valence-electron chi connectivity index (χ3n) is 3.12. The minimum absolute atomic E-state index is 0.369. The average molecular weight is 222 g/mol. The lowest BCUT2D eigenvalue weighted by atomic mass is 9.92. The highest BCUT2D eigenvalue weighted by molar-refractivity contribution is 5.29. The maximum Gasteiger partial charge on any atom is 0.118 e. The molecule has 2 unspecified atom stereocenters. The summed E-state index contributed by atoms with van der Waals surface area (Å²) in [5, 5.41) is 0. The van der Waals surface area contributed by atoms with E-state index in [2.05, 4.69) is 38.1 Å². The van der Waals surface area contributed by atoms with Crippen LogP contribution in [0.15, 0.2) is 24.3 Å². The Balaban J connectivity index is 2.82. The summed E-state index contributed by atoms with van der Waals surface area (Å²) in [7, 11) is 5.82. The number of nitrogens with two attached hydrogens (primary N) is 1.